The topological polar surface area (TPSA) is 23.6 Å². The minimum atomic E-state index is 0.188. The highest BCUT2D eigenvalue weighted by atomic mass is 16.2. The molecule has 25 heavy (non-hydrogen) atoms. The predicted molar refractivity (Wildman–Crippen MR) is 103 cm³/mol. The maximum absolute atomic E-state index is 13.1. The van der Waals surface area contributed by atoms with E-state index < -0.39 is 0 Å². The van der Waals surface area contributed by atoms with Crippen LogP contribution in [0.1, 0.15) is 43.0 Å². The molecule has 0 radical (unpaired) electrons. The van der Waals surface area contributed by atoms with Crippen LogP contribution in [0.25, 0.3) is 10.8 Å². The maximum atomic E-state index is 13.1. The standard InChI is InChI=1S/C22H28N2O/c1-17-6-4-9-19(16-17)23-12-14-24(15-13-23)22(25)21-11-5-8-18-7-2-3-10-20(18)21/h2-3,5,7-8,10-11,17,19H,4,6,9,12-16H2,1H3. The Hall–Kier alpha value is -1.87. The van der Waals surface area contributed by atoms with Crippen molar-refractivity contribution in [3.63, 3.8) is 0 Å². The summed E-state index contributed by atoms with van der Waals surface area (Å²) in [7, 11) is 0. The van der Waals surface area contributed by atoms with Crippen molar-refractivity contribution in [2.75, 3.05) is 26.2 Å². The second-order valence-electron chi connectivity index (χ2n) is 7.78. The van der Waals surface area contributed by atoms with Gasteiger partial charge >= 0.3 is 0 Å². The highest BCUT2D eigenvalue weighted by Gasteiger charge is 2.29. The van der Waals surface area contributed by atoms with Gasteiger partial charge in [0.2, 0.25) is 0 Å². The van der Waals surface area contributed by atoms with E-state index in [4.69, 9.17) is 0 Å². The van der Waals surface area contributed by atoms with Gasteiger partial charge in [-0.25, -0.2) is 0 Å². The number of rotatable bonds is 2. The fraction of sp³-hybridized carbons (Fsp3) is 0.500. The molecule has 2 fully saturated rings. The van der Waals surface area contributed by atoms with Gasteiger partial charge < -0.3 is 4.90 Å². The molecule has 4 rings (SSSR count). The zero-order chi connectivity index (χ0) is 17.2. The van der Waals surface area contributed by atoms with Crippen LogP contribution < -0.4 is 0 Å². The largest absolute Gasteiger partial charge is 0.336 e. The number of piperazine rings is 1. The third-order valence-corrected chi connectivity index (χ3v) is 6.05. The van der Waals surface area contributed by atoms with Gasteiger partial charge in [0.05, 0.1) is 0 Å². The molecule has 1 heterocycles. The Labute approximate surface area is 150 Å². The number of carbonyl (C=O) groups excluding carboxylic acids is 1. The number of fused-ring (bicyclic) bond motifs is 1. The van der Waals surface area contributed by atoms with Crippen LogP contribution >= 0.6 is 0 Å². The number of hydrogen-bond donors (Lipinski definition) is 0. The predicted octanol–water partition coefficient (Wildman–Crippen LogP) is 4.18. The van der Waals surface area contributed by atoms with Crippen LogP contribution in [0.3, 0.4) is 0 Å². The molecule has 1 saturated heterocycles. The first-order chi connectivity index (χ1) is 12.2. The van der Waals surface area contributed by atoms with Gasteiger partial charge in [0.25, 0.3) is 5.91 Å². The third kappa shape index (κ3) is 3.43. The van der Waals surface area contributed by atoms with Crippen molar-refractivity contribution in [2.24, 2.45) is 5.92 Å². The summed E-state index contributed by atoms with van der Waals surface area (Å²) in [4.78, 5) is 17.7. The molecule has 2 aromatic rings. The highest BCUT2D eigenvalue weighted by molar-refractivity contribution is 6.07. The molecule has 2 aliphatic rings. The summed E-state index contributed by atoms with van der Waals surface area (Å²) in [5.74, 6) is 1.04. The molecule has 2 atom stereocenters. The summed E-state index contributed by atoms with van der Waals surface area (Å²) < 4.78 is 0. The van der Waals surface area contributed by atoms with Gasteiger partial charge in [0.1, 0.15) is 0 Å². The fourth-order valence-corrected chi connectivity index (χ4v) is 4.61. The number of hydrogen-bond acceptors (Lipinski definition) is 2. The molecule has 0 aromatic heterocycles. The first-order valence-corrected chi connectivity index (χ1v) is 9.73. The minimum Gasteiger partial charge on any atom is -0.336 e. The molecule has 0 bridgehead atoms. The van der Waals surface area contributed by atoms with Crippen molar-refractivity contribution >= 4 is 16.7 Å². The molecule has 2 aromatic carbocycles. The zero-order valence-electron chi connectivity index (χ0n) is 15.2. The smallest absolute Gasteiger partial charge is 0.254 e. The van der Waals surface area contributed by atoms with Gasteiger partial charge in [0.15, 0.2) is 0 Å². The van der Waals surface area contributed by atoms with E-state index >= 15 is 0 Å². The van der Waals surface area contributed by atoms with Crippen molar-refractivity contribution < 1.29 is 4.79 Å². The lowest BCUT2D eigenvalue weighted by atomic mass is 9.86. The molecule has 0 N–H and O–H groups in total. The first kappa shape index (κ1) is 16.6. The lowest BCUT2D eigenvalue weighted by Crippen LogP contribution is -2.52. The Morgan fingerprint density at radius 2 is 1.72 bits per heavy atom. The van der Waals surface area contributed by atoms with Gasteiger partial charge in [-0.15, -0.1) is 0 Å². The molecular weight excluding hydrogens is 308 g/mol. The molecule has 2 unspecified atom stereocenters. The van der Waals surface area contributed by atoms with Crippen LogP contribution in [0, 0.1) is 5.92 Å². The highest BCUT2D eigenvalue weighted by Crippen LogP contribution is 2.28. The van der Waals surface area contributed by atoms with E-state index in [1.165, 1.54) is 25.7 Å². The monoisotopic (exact) mass is 336 g/mol. The van der Waals surface area contributed by atoms with E-state index in [9.17, 15) is 4.79 Å². The summed E-state index contributed by atoms with van der Waals surface area (Å²) in [5, 5.41) is 2.21. The Balaban J connectivity index is 1.44. The molecule has 1 amide bonds. The summed E-state index contributed by atoms with van der Waals surface area (Å²) >= 11 is 0. The molecule has 3 heteroatoms. The number of carbonyl (C=O) groups is 1. The Bertz CT molecular complexity index is 743. The maximum Gasteiger partial charge on any atom is 0.254 e. The summed E-state index contributed by atoms with van der Waals surface area (Å²) in [6, 6.07) is 15.0. The van der Waals surface area contributed by atoms with Gasteiger partial charge in [-0.05, 0) is 35.6 Å². The van der Waals surface area contributed by atoms with E-state index in [-0.39, 0.29) is 5.91 Å². The lowest BCUT2D eigenvalue weighted by Gasteiger charge is -2.42. The number of benzene rings is 2. The van der Waals surface area contributed by atoms with Crippen molar-refractivity contribution in [2.45, 2.75) is 38.6 Å². The summed E-state index contributed by atoms with van der Waals surface area (Å²) in [5.41, 5.74) is 0.845. The second-order valence-corrected chi connectivity index (χ2v) is 7.78. The Morgan fingerprint density at radius 1 is 0.960 bits per heavy atom. The zero-order valence-corrected chi connectivity index (χ0v) is 15.2. The minimum absolute atomic E-state index is 0.188. The van der Waals surface area contributed by atoms with E-state index in [1.807, 2.05) is 29.2 Å². The van der Waals surface area contributed by atoms with Crippen LogP contribution in [0.2, 0.25) is 0 Å². The lowest BCUT2D eigenvalue weighted by molar-refractivity contribution is 0.0490. The normalized spacial score (nSPS) is 25.2. The second kappa shape index (κ2) is 7.17. The Morgan fingerprint density at radius 3 is 2.52 bits per heavy atom. The third-order valence-electron chi connectivity index (χ3n) is 6.05. The Kier molecular flexibility index (Phi) is 4.76. The molecule has 1 aliphatic heterocycles. The summed E-state index contributed by atoms with van der Waals surface area (Å²) in [6.45, 7) is 6.13. The molecule has 1 saturated carbocycles. The van der Waals surface area contributed by atoms with E-state index in [0.29, 0.717) is 0 Å². The van der Waals surface area contributed by atoms with Gasteiger partial charge in [-0.3, -0.25) is 9.69 Å². The van der Waals surface area contributed by atoms with Crippen LogP contribution in [0.15, 0.2) is 42.5 Å². The quantitative estimate of drug-likeness (QED) is 0.821. The van der Waals surface area contributed by atoms with Gasteiger partial charge in [-0.1, -0.05) is 56.2 Å². The van der Waals surface area contributed by atoms with Crippen molar-refractivity contribution in [1.82, 2.24) is 9.80 Å². The average Bonchev–Trinajstić information content (AvgIpc) is 2.67. The summed E-state index contributed by atoms with van der Waals surface area (Å²) in [6.07, 6.45) is 5.41. The average molecular weight is 336 g/mol. The molecule has 132 valence electrons. The molecule has 3 nitrogen and oxygen atoms in total. The SMILES string of the molecule is CC1CCCC(N2CCN(C(=O)c3cccc4ccccc34)CC2)C1. The number of nitrogens with zero attached hydrogens (tertiary/aromatic N) is 2. The number of amides is 1. The van der Waals surface area contributed by atoms with Gasteiger partial charge in [-0.2, -0.15) is 0 Å². The van der Waals surface area contributed by atoms with Crippen LogP contribution in [-0.4, -0.2) is 47.9 Å². The van der Waals surface area contributed by atoms with E-state index in [1.54, 1.807) is 0 Å². The van der Waals surface area contributed by atoms with Crippen molar-refractivity contribution in [1.29, 1.82) is 0 Å². The first-order valence-electron chi connectivity index (χ1n) is 9.73. The molecule has 1 aliphatic carbocycles. The van der Waals surface area contributed by atoms with Crippen LogP contribution in [0.4, 0.5) is 0 Å². The van der Waals surface area contributed by atoms with E-state index in [2.05, 4.69) is 30.0 Å². The van der Waals surface area contributed by atoms with Gasteiger partial charge in [0, 0.05) is 37.8 Å². The van der Waals surface area contributed by atoms with Crippen LogP contribution in [0.5, 0.6) is 0 Å². The fourth-order valence-electron chi connectivity index (χ4n) is 4.61. The van der Waals surface area contributed by atoms with Crippen molar-refractivity contribution in [3.8, 4) is 0 Å². The van der Waals surface area contributed by atoms with Crippen LogP contribution in [-0.2, 0) is 0 Å². The van der Waals surface area contributed by atoms with Crippen molar-refractivity contribution in [3.05, 3.63) is 48.0 Å². The molecular formula is C22H28N2O. The molecule has 0 spiro atoms. The van der Waals surface area contributed by atoms with E-state index in [0.717, 1.165) is 54.5 Å².